The van der Waals surface area contributed by atoms with E-state index < -0.39 is 0 Å². The summed E-state index contributed by atoms with van der Waals surface area (Å²) in [6.45, 7) is 7.15. The summed E-state index contributed by atoms with van der Waals surface area (Å²) < 4.78 is 5.13. The summed E-state index contributed by atoms with van der Waals surface area (Å²) in [5.74, 6) is 0.915. The lowest BCUT2D eigenvalue weighted by atomic mass is 10.1. The maximum Gasteiger partial charge on any atom is 0.254 e. The first kappa shape index (κ1) is 13.4. The van der Waals surface area contributed by atoms with E-state index in [9.17, 15) is 4.79 Å². The van der Waals surface area contributed by atoms with Gasteiger partial charge in [0.25, 0.3) is 5.91 Å². The highest BCUT2D eigenvalue weighted by molar-refractivity contribution is 5.99. The van der Waals surface area contributed by atoms with E-state index in [0.29, 0.717) is 13.1 Å². The maximum absolute atomic E-state index is 12.2. The van der Waals surface area contributed by atoms with Crippen LogP contribution in [0, 0.1) is 0 Å². The van der Waals surface area contributed by atoms with Crippen LogP contribution in [0.5, 0.6) is 5.75 Å². The van der Waals surface area contributed by atoms with Crippen LogP contribution in [0.4, 0.5) is 0 Å². The van der Waals surface area contributed by atoms with Gasteiger partial charge in [-0.1, -0.05) is 31.7 Å². The molecule has 1 amide bonds. The molecule has 0 unspecified atom stereocenters. The Morgan fingerprint density at radius 3 is 2.53 bits per heavy atom. The standard InChI is InChI=1S/C16H19NO2/c1-4-13-11-17(16(18)15(13)5-2)10-12-6-8-14(19-3)9-7-12/h5-9H,2,4,10-11H2,1,3H3. The van der Waals surface area contributed by atoms with E-state index >= 15 is 0 Å². The number of amides is 1. The topological polar surface area (TPSA) is 29.5 Å². The van der Waals surface area contributed by atoms with Crippen molar-refractivity contribution in [1.29, 1.82) is 0 Å². The smallest absolute Gasteiger partial charge is 0.254 e. The first-order valence-corrected chi connectivity index (χ1v) is 6.46. The van der Waals surface area contributed by atoms with E-state index in [0.717, 1.165) is 23.3 Å². The molecule has 0 bridgehead atoms. The number of methoxy groups -OCH3 is 1. The van der Waals surface area contributed by atoms with E-state index in [4.69, 9.17) is 4.74 Å². The summed E-state index contributed by atoms with van der Waals surface area (Å²) in [6.07, 6.45) is 2.57. The minimum atomic E-state index is 0.0858. The van der Waals surface area contributed by atoms with Gasteiger partial charge in [-0.3, -0.25) is 4.79 Å². The number of carbonyl (C=O) groups excluding carboxylic acids is 1. The lowest BCUT2D eigenvalue weighted by Crippen LogP contribution is -2.26. The summed E-state index contributed by atoms with van der Waals surface area (Å²) in [4.78, 5) is 14.1. The number of hydrogen-bond donors (Lipinski definition) is 0. The molecule has 0 saturated heterocycles. The van der Waals surface area contributed by atoms with E-state index in [1.807, 2.05) is 29.2 Å². The molecule has 0 saturated carbocycles. The van der Waals surface area contributed by atoms with Gasteiger partial charge in [0.2, 0.25) is 0 Å². The van der Waals surface area contributed by atoms with Crippen molar-refractivity contribution in [3.8, 4) is 5.75 Å². The Morgan fingerprint density at radius 1 is 1.37 bits per heavy atom. The summed E-state index contributed by atoms with van der Waals surface area (Å²) in [7, 11) is 1.65. The molecule has 1 aliphatic rings. The molecular weight excluding hydrogens is 238 g/mol. The number of hydrogen-bond acceptors (Lipinski definition) is 2. The fourth-order valence-electron chi connectivity index (χ4n) is 2.32. The zero-order chi connectivity index (χ0) is 13.8. The van der Waals surface area contributed by atoms with E-state index in [1.54, 1.807) is 13.2 Å². The molecular formula is C16H19NO2. The SMILES string of the molecule is C=CC1=C(CC)CN(Cc2ccc(OC)cc2)C1=O. The number of nitrogens with zero attached hydrogens (tertiary/aromatic N) is 1. The second-order valence-corrected chi connectivity index (χ2v) is 4.58. The Morgan fingerprint density at radius 2 is 2.05 bits per heavy atom. The second kappa shape index (κ2) is 5.74. The summed E-state index contributed by atoms with van der Waals surface area (Å²) >= 11 is 0. The Bertz CT molecular complexity index is 514. The Balaban J connectivity index is 2.09. The molecule has 0 spiro atoms. The van der Waals surface area contributed by atoms with E-state index in [-0.39, 0.29) is 5.91 Å². The molecule has 3 nitrogen and oxygen atoms in total. The first-order chi connectivity index (χ1) is 9.19. The largest absolute Gasteiger partial charge is 0.497 e. The Hall–Kier alpha value is -2.03. The van der Waals surface area contributed by atoms with Crippen LogP contribution in [0.2, 0.25) is 0 Å². The Labute approximate surface area is 114 Å². The third-order valence-electron chi connectivity index (χ3n) is 3.44. The van der Waals surface area contributed by atoms with Gasteiger partial charge in [0.1, 0.15) is 5.75 Å². The molecule has 3 heteroatoms. The van der Waals surface area contributed by atoms with Gasteiger partial charge in [-0.2, -0.15) is 0 Å². The number of rotatable bonds is 5. The molecule has 19 heavy (non-hydrogen) atoms. The number of carbonyl (C=O) groups is 1. The highest BCUT2D eigenvalue weighted by Crippen LogP contribution is 2.24. The third-order valence-corrected chi connectivity index (χ3v) is 3.44. The first-order valence-electron chi connectivity index (χ1n) is 6.46. The molecule has 0 aromatic heterocycles. The fraction of sp³-hybridized carbons (Fsp3) is 0.312. The fourth-order valence-corrected chi connectivity index (χ4v) is 2.32. The second-order valence-electron chi connectivity index (χ2n) is 4.58. The molecule has 1 heterocycles. The maximum atomic E-state index is 12.2. The minimum Gasteiger partial charge on any atom is -0.497 e. The molecule has 100 valence electrons. The molecule has 1 aromatic rings. The molecule has 0 fully saturated rings. The lowest BCUT2D eigenvalue weighted by Gasteiger charge is -2.17. The van der Waals surface area contributed by atoms with Crippen molar-refractivity contribution in [3.05, 3.63) is 53.6 Å². The van der Waals surface area contributed by atoms with Crippen LogP contribution >= 0.6 is 0 Å². The van der Waals surface area contributed by atoms with Crippen LogP contribution < -0.4 is 4.74 Å². The van der Waals surface area contributed by atoms with Gasteiger partial charge in [0.15, 0.2) is 0 Å². The Kier molecular flexibility index (Phi) is 4.05. The van der Waals surface area contributed by atoms with Crippen molar-refractivity contribution in [3.63, 3.8) is 0 Å². The van der Waals surface area contributed by atoms with Crippen LogP contribution in [0.15, 0.2) is 48.1 Å². The summed E-state index contributed by atoms with van der Waals surface area (Å²) in [6, 6.07) is 7.81. The minimum absolute atomic E-state index is 0.0858. The molecule has 0 atom stereocenters. The molecule has 0 radical (unpaired) electrons. The van der Waals surface area contributed by atoms with Crippen molar-refractivity contribution >= 4 is 5.91 Å². The quantitative estimate of drug-likeness (QED) is 0.811. The highest BCUT2D eigenvalue weighted by atomic mass is 16.5. The van der Waals surface area contributed by atoms with Gasteiger partial charge in [-0.25, -0.2) is 0 Å². The van der Waals surface area contributed by atoms with Gasteiger partial charge in [-0.05, 0) is 29.7 Å². The molecule has 2 rings (SSSR count). The third kappa shape index (κ3) is 2.70. The molecule has 1 aromatic carbocycles. The van der Waals surface area contributed by atoms with Gasteiger partial charge in [0.05, 0.1) is 7.11 Å². The molecule has 0 aliphatic carbocycles. The zero-order valence-corrected chi connectivity index (χ0v) is 11.5. The number of benzene rings is 1. The van der Waals surface area contributed by atoms with Crippen molar-refractivity contribution in [2.24, 2.45) is 0 Å². The highest BCUT2D eigenvalue weighted by Gasteiger charge is 2.27. The van der Waals surface area contributed by atoms with Crippen molar-refractivity contribution in [2.45, 2.75) is 19.9 Å². The van der Waals surface area contributed by atoms with Crippen LogP contribution in [0.25, 0.3) is 0 Å². The van der Waals surface area contributed by atoms with Crippen LogP contribution in [0.1, 0.15) is 18.9 Å². The van der Waals surface area contributed by atoms with Gasteiger partial charge in [0, 0.05) is 18.7 Å². The zero-order valence-electron chi connectivity index (χ0n) is 11.5. The van der Waals surface area contributed by atoms with Gasteiger partial charge >= 0.3 is 0 Å². The van der Waals surface area contributed by atoms with Crippen molar-refractivity contribution < 1.29 is 9.53 Å². The normalized spacial score (nSPS) is 15.1. The summed E-state index contributed by atoms with van der Waals surface area (Å²) in [5.41, 5.74) is 3.06. The van der Waals surface area contributed by atoms with Gasteiger partial charge < -0.3 is 9.64 Å². The van der Waals surface area contributed by atoms with Crippen molar-refractivity contribution in [2.75, 3.05) is 13.7 Å². The van der Waals surface area contributed by atoms with Gasteiger partial charge in [-0.15, -0.1) is 0 Å². The van der Waals surface area contributed by atoms with E-state index in [2.05, 4.69) is 13.5 Å². The predicted molar refractivity (Wildman–Crippen MR) is 75.9 cm³/mol. The number of ether oxygens (including phenoxy) is 1. The molecule has 1 aliphatic heterocycles. The average Bonchev–Trinajstić information content (AvgIpc) is 2.75. The van der Waals surface area contributed by atoms with E-state index in [1.165, 1.54) is 5.57 Å². The predicted octanol–water partition coefficient (Wildman–Crippen LogP) is 2.93. The van der Waals surface area contributed by atoms with Crippen molar-refractivity contribution in [1.82, 2.24) is 4.90 Å². The summed E-state index contributed by atoms with van der Waals surface area (Å²) in [5, 5.41) is 0. The van der Waals surface area contributed by atoms with Crippen LogP contribution in [-0.4, -0.2) is 24.5 Å². The lowest BCUT2D eigenvalue weighted by molar-refractivity contribution is -0.125. The van der Waals surface area contributed by atoms with Crippen LogP contribution in [0.3, 0.4) is 0 Å². The monoisotopic (exact) mass is 257 g/mol. The van der Waals surface area contributed by atoms with Crippen LogP contribution in [-0.2, 0) is 11.3 Å². The average molecular weight is 257 g/mol. The molecule has 0 N–H and O–H groups in total.